The van der Waals surface area contributed by atoms with Crippen LogP contribution < -0.4 is 15.2 Å². The first-order chi connectivity index (χ1) is 9.69. The third-order valence-electron chi connectivity index (χ3n) is 3.09. The van der Waals surface area contributed by atoms with Gasteiger partial charge in [-0.2, -0.15) is 0 Å². The van der Waals surface area contributed by atoms with Crippen LogP contribution in [-0.4, -0.2) is 13.2 Å². The Morgan fingerprint density at radius 2 is 1.75 bits per heavy atom. The highest BCUT2D eigenvalue weighted by Crippen LogP contribution is 2.19. The van der Waals surface area contributed by atoms with Gasteiger partial charge in [-0.1, -0.05) is 24.3 Å². The number of nitrogens with two attached hydrogens (primary N) is 1. The molecule has 0 unspecified atom stereocenters. The van der Waals surface area contributed by atoms with E-state index in [1.165, 1.54) is 5.56 Å². The van der Waals surface area contributed by atoms with Crippen molar-refractivity contribution < 1.29 is 9.47 Å². The van der Waals surface area contributed by atoms with Crippen molar-refractivity contribution >= 4 is 0 Å². The summed E-state index contributed by atoms with van der Waals surface area (Å²) in [5, 5.41) is 0. The summed E-state index contributed by atoms with van der Waals surface area (Å²) in [4.78, 5) is 0. The number of ether oxygens (including phenoxy) is 2. The Kier molecular flexibility index (Phi) is 5.02. The summed E-state index contributed by atoms with van der Waals surface area (Å²) in [7, 11) is 0. The van der Waals surface area contributed by atoms with Crippen molar-refractivity contribution in [2.75, 3.05) is 13.2 Å². The normalized spacial score (nSPS) is 10.3. The van der Waals surface area contributed by atoms with E-state index in [4.69, 9.17) is 15.2 Å². The zero-order valence-electron chi connectivity index (χ0n) is 12.1. The Balaban J connectivity index is 1.82. The van der Waals surface area contributed by atoms with Crippen molar-refractivity contribution in [2.45, 2.75) is 20.4 Å². The van der Waals surface area contributed by atoms with Crippen LogP contribution in [0.2, 0.25) is 0 Å². The lowest BCUT2D eigenvalue weighted by Crippen LogP contribution is -2.10. The van der Waals surface area contributed by atoms with E-state index in [9.17, 15) is 0 Å². The van der Waals surface area contributed by atoms with Crippen molar-refractivity contribution in [1.29, 1.82) is 0 Å². The second kappa shape index (κ2) is 6.96. The molecular formula is C17H21NO2. The average Bonchev–Trinajstić information content (AvgIpc) is 2.47. The standard InChI is InChI=1S/C17H21NO2/c1-13-6-7-14(2)17(10-13)20-9-8-19-16-5-3-4-15(11-16)12-18/h3-7,10-11H,8-9,12,18H2,1-2H3. The predicted octanol–water partition coefficient (Wildman–Crippen LogP) is 3.22. The third kappa shape index (κ3) is 4.00. The van der Waals surface area contributed by atoms with Gasteiger partial charge < -0.3 is 15.2 Å². The fraction of sp³-hybridized carbons (Fsp3) is 0.294. The molecule has 3 nitrogen and oxygen atoms in total. The summed E-state index contributed by atoms with van der Waals surface area (Å²) in [5.41, 5.74) is 9.00. The maximum atomic E-state index is 5.75. The van der Waals surface area contributed by atoms with E-state index < -0.39 is 0 Å². The molecule has 0 radical (unpaired) electrons. The van der Waals surface area contributed by atoms with Crippen molar-refractivity contribution in [1.82, 2.24) is 0 Å². The highest BCUT2D eigenvalue weighted by molar-refractivity contribution is 5.36. The number of hydrogen-bond donors (Lipinski definition) is 1. The summed E-state index contributed by atoms with van der Waals surface area (Å²) in [6.45, 7) is 5.66. The first-order valence-corrected chi connectivity index (χ1v) is 6.81. The average molecular weight is 271 g/mol. The van der Waals surface area contributed by atoms with Crippen LogP contribution in [0.4, 0.5) is 0 Å². The zero-order valence-corrected chi connectivity index (χ0v) is 12.1. The van der Waals surface area contributed by atoms with Crippen LogP contribution in [0.25, 0.3) is 0 Å². The molecule has 106 valence electrons. The van der Waals surface area contributed by atoms with Gasteiger partial charge in [0, 0.05) is 6.54 Å². The van der Waals surface area contributed by atoms with Crippen LogP contribution in [0.15, 0.2) is 42.5 Å². The summed E-state index contributed by atoms with van der Waals surface area (Å²) < 4.78 is 11.4. The number of benzene rings is 2. The number of aryl methyl sites for hydroxylation is 2. The van der Waals surface area contributed by atoms with Gasteiger partial charge in [0.2, 0.25) is 0 Å². The van der Waals surface area contributed by atoms with Crippen molar-refractivity contribution in [3.05, 3.63) is 59.2 Å². The van der Waals surface area contributed by atoms with Crippen molar-refractivity contribution in [2.24, 2.45) is 5.73 Å². The Bertz CT molecular complexity index is 567. The first-order valence-electron chi connectivity index (χ1n) is 6.81. The molecule has 2 N–H and O–H groups in total. The molecule has 2 aromatic rings. The van der Waals surface area contributed by atoms with Crippen LogP contribution in [0.1, 0.15) is 16.7 Å². The van der Waals surface area contributed by atoms with Gasteiger partial charge in [0.05, 0.1) is 0 Å². The fourth-order valence-corrected chi connectivity index (χ4v) is 1.94. The lowest BCUT2D eigenvalue weighted by Gasteiger charge is -2.11. The molecule has 0 atom stereocenters. The molecule has 0 aliphatic rings. The lowest BCUT2D eigenvalue weighted by molar-refractivity contribution is 0.216. The Labute approximate surface area is 120 Å². The highest BCUT2D eigenvalue weighted by atomic mass is 16.5. The second-order valence-corrected chi connectivity index (χ2v) is 4.82. The molecule has 2 aromatic carbocycles. The molecule has 0 saturated carbocycles. The Hall–Kier alpha value is -2.00. The van der Waals surface area contributed by atoms with Gasteiger partial charge >= 0.3 is 0 Å². The topological polar surface area (TPSA) is 44.5 Å². The monoisotopic (exact) mass is 271 g/mol. The Morgan fingerprint density at radius 1 is 0.950 bits per heavy atom. The van der Waals surface area contributed by atoms with E-state index in [0.717, 1.165) is 22.6 Å². The van der Waals surface area contributed by atoms with Crippen LogP contribution in [-0.2, 0) is 6.54 Å². The van der Waals surface area contributed by atoms with E-state index in [-0.39, 0.29) is 0 Å². The first kappa shape index (κ1) is 14.4. The molecule has 20 heavy (non-hydrogen) atoms. The van der Waals surface area contributed by atoms with E-state index in [2.05, 4.69) is 19.1 Å². The highest BCUT2D eigenvalue weighted by Gasteiger charge is 2.00. The Morgan fingerprint density at radius 3 is 2.55 bits per heavy atom. The number of hydrogen-bond acceptors (Lipinski definition) is 3. The van der Waals surface area contributed by atoms with E-state index in [1.54, 1.807) is 0 Å². The molecule has 0 aromatic heterocycles. The molecule has 0 saturated heterocycles. The molecule has 0 spiro atoms. The summed E-state index contributed by atoms with van der Waals surface area (Å²) in [6, 6.07) is 14.0. The van der Waals surface area contributed by atoms with Crippen molar-refractivity contribution in [3.8, 4) is 11.5 Å². The predicted molar refractivity (Wildman–Crippen MR) is 81.2 cm³/mol. The molecule has 0 aliphatic carbocycles. The minimum atomic E-state index is 0.515. The van der Waals surface area contributed by atoms with Gasteiger partial charge in [-0.3, -0.25) is 0 Å². The van der Waals surface area contributed by atoms with E-state index >= 15 is 0 Å². The number of rotatable bonds is 6. The van der Waals surface area contributed by atoms with E-state index in [1.807, 2.05) is 37.3 Å². The van der Waals surface area contributed by atoms with Crippen LogP contribution in [0.5, 0.6) is 11.5 Å². The largest absolute Gasteiger partial charge is 0.490 e. The van der Waals surface area contributed by atoms with Gasteiger partial charge in [0.1, 0.15) is 24.7 Å². The second-order valence-electron chi connectivity index (χ2n) is 4.82. The molecule has 2 rings (SSSR count). The van der Waals surface area contributed by atoms with Gasteiger partial charge in [-0.05, 0) is 48.7 Å². The minimum absolute atomic E-state index is 0.515. The van der Waals surface area contributed by atoms with Gasteiger partial charge in [0.15, 0.2) is 0 Å². The van der Waals surface area contributed by atoms with Crippen LogP contribution in [0, 0.1) is 13.8 Å². The quantitative estimate of drug-likeness (QED) is 0.820. The third-order valence-corrected chi connectivity index (χ3v) is 3.09. The van der Waals surface area contributed by atoms with Crippen LogP contribution >= 0.6 is 0 Å². The molecule has 0 heterocycles. The van der Waals surface area contributed by atoms with E-state index in [0.29, 0.717) is 19.8 Å². The van der Waals surface area contributed by atoms with Crippen molar-refractivity contribution in [3.63, 3.8) is 0 Å². The van der Waals surface area contributed by atoms with Gasteiger partial charge in [-0.15, -0.1) is 0 Å². The summed E-state index contributed by atoms with van der Waals surface area (Å²) in [6.07, 6.45) is 0. The smallest absolute Gasteiger partial charge is 0.122 e. The molecule has 0 bridgehead atoms. The SMILES string of the molecule is Cc1ccc(C)c(OCCOc2cccc(CN)c2)c1. The molecular weight excluding hydrogens is 250 g/mol. The molecule has 3 heteroatoms. The maximum absolute atomic E-state index is 5.75. The van der Waals surface area contributed by atoms with Gasteiger partial charge in [0.25, 0.3) is 0 Å². The van der Waals surface area contributed by atoms with Gasteiger partial charge in [-0.25, -0.2) is 0 Å². The minimum Gasteiger partial charge on any atom is -0.490 e. The summed E-state index contributed by atoms with van der Waals surface area (Å²) >= 11 is 0. The zero-order chi connectivity index (χ0) is 14.4. The molecule has 0 amide bonds. The lowest BCUT2D eigenvalue weighted by atomic mass is 10.1. The molecule has 0 aliphatic heterocycles. The summed E-state index contributed by atoms with van der Waals surface area (Å²) in [5.74, 6) is 1.75. The fourth-order valence-electron chi connectivity index (χ4n) is 1.94. The maximum Gasteiger partial charge on any atom is 0.122 e. The van der Waals surface area contributed by atoms with Crippen LogP contribution in [0.3, 0.4) is 0 Å². The molecule has 0 fully saturated rings.